The number of aryl methyl sites for hydroxylation is 2. The SMILES string of the molecule is Cc1nc(-c2ncc[nH]2)cc([C@@H]2CCN(Cc3sccc3C)C2)n1. The quantitative estimate of drug-likeness (QED) is 0.790. The molecule has 0 saturated carbocycles. The van der Waals surface area contributed by atoms with Crippen molar-refractivity contribution in [1.29, 1.82) is 0 Å². The minimum atomic E-state index is 0.473. The maximum absolute atomic E-state index is 4.70. The molecule has 1 saturated heterocycles. The van der Waals surface area contributed by atoms with Crippen molar-refractivity contribution in [2.45, 2.75) is 32.7 Å². The van der Waals surface area contributed by atoms with Crippen LogP contribution < -0.4 is 0 Å². The summed E-state index contributed by atoms with van der Waals surface area (Å²) in [6.45, 7) is 7.39. The Morgan fingerprint density at radius 3 is 3.00 bits per heavy atom. The lowest BCUT2D eigenvalue weighted by Gasteiger charge is -2.16. The van der Waals surface area contributed by atoms with Crippen molar-refractivity contribution >= 4 is 11.3 Å². The van der Waals surface area contributed by atoms with Crippen LogP contribution in [-0.2, 0) is 6.54 Å². The molecule has 1 atom stereocenters. The van der Waals surface area contributed by atoms with Gasteiger partial charge in [-0.1, -0.05) is 0 Å². The molecule has 1 fully saturated rings. The van der Waals surface area contributed by atoms with Crippen molar-refractivity contribution in [2.75, 3.05) is 13.1 Å². The van der Waals surface area contributed by atoms with E-state index in [0.717, 1.165) is 49.1 Å². The van der Waals surface area contributed by atoms with E-state index >= 15 is 0 Å². The molecule has 0 aliphatic carbocycles. The molecule has 0 aromatic carbocycles. The summed E-state index contributed by atoms with van der Waals surface area (Å²) in [6.07, 6.45) is 4.73. The Labute approximate surface area is 145 Å². The lowest BCUT2D eigenvalue weighted by atomic mass is 10.0. The van der Waals surface area contributed by atoms with Crippen molar-refractivity contribution in [3.63, 3.8) is 0 Å². The number of hydrogen-bond acceptors (Lipinski definition) is 5. The number of hydrogen-bond donors (Lipinski definition) is 1. The van der Waals surface area contributed by atoms with E-state index in [1.54, 1.807) is 6.20 Å². The standard InChI is InChI=1S/C18H21N5S/c1-12-4-8-24-17(12)11-23-7-3-14(10-23)15-9-16(22-13(2)21-15)18-19-5-6-20-18/h4-6,8-9,14H,3,7,10-11H2,1-2H3,(H,19,20)/t14-/m1/s1. The Kier molecular flexibility index (Phi) is 4.16. The predicted molar refractivity (Wildman–Crippen MR) is 96.0 cm³/mol. The Balaban J connectivity index is 1.52. The molecule has 0 amide bonds. The largest absolute Gasteiger partial charge is 0.343 e. The summed E-state index contributed by atoms with van der Waals surface area (Å²) < 4.78 is 0. The van der Waals surface area contributed by atoms with Crippen molar-refractivity contribution in [1.82, 2.24) is 24.8 Å². The molecular formula is C18H21N5S. The van der Waals surface area contributed by atoms with Crippen LogP contribution in [0.4, 0.5) is 0 Å². The normalized spacial score (nSPS) is 18.3. The zero-order chi connectivity index (χ0) is 16.5. The summed E-state index contributed by atoms with van der Waals surface area (Å²) >= 11 is 1.86. The first-order valence-electron chi connectivity index (χ1n) is 8.29. The number of H-pyrrole nitrogens is 1. The van der Waals surface area contributed by atoms with Crippen molar-refractivity contribution in [2.24, 2.45) is 0 Å². The van der Waals surface area contributed by atoms with Crippen LogP contribution in [0.1, 0.15) is 34.3 Å². The predicted octanol–water partition coefficient (Wildman–Crippen LogP) is 3.53. The van der Waals surface area contributed by atoms with E-state index in [-0.39, 0.29) is 0 Å². The Hall–Kier alpha value is -2.05. The van der Waals surface area contributed by atoms with Crippen LogP contribution in [0, 0.1) is 13.8 Å². The van der Waals surface area contributed by atoms with E-state index in [1.807, 2.05) is 24.5 Å². The Morgan fingerprint density at radius 1 is 1.33 bits per heavy atom. The molecule has 1 aliphatic rings. The van der Waals surface area contributed by atoms with Gasteiger partial charge in [-0.05, 0) is 49.9 Å². The van der Waals surface area contributed by atoms with Gasteiger partial charge in [0, 0.05) is 42.0 Å². The molecule has 0 radical (unpaired) electrons. The number of thiophene rings is 1. The van der Waals surface area contributed by atoms with E-state index in [1.165, 1.54) is 10.4 Å². The van der Waals surface area contributed by atoms with Gasteiger partial charge in [0.05, 0.1) is 0 Å². The average molecular weight is 339 g/mol. The monoisotopic (exact) mass is 339 g/mol. The topological polar surface area (TPSA) is 57.7 Å². The van der Waals surface area contributed by atoms with Gasteiger partial charge in [0.1, 0.15) is 11.5 Å². The third-order valence-corrected chi connectivity index (χ3v) is 5.63. The van der Waals surface area contributed by atoms with Crippen LogP contribution in [-0.4, -0.2) is 37.9 Å². The molecule has 24 heavy (non-hydrogen) atoms. The summed E-state index contributed by atoms with van der Waals surface area (Å²) in [5.74, 6) is 2.10. The first-order valence-corrected chi connectivity index (χ1v) is 9.17. The molecule has 124 valence electrons. The number of nitrogens with one attached hydrogen (secondary N) is 1. The highest BCUT2D eigenvalue weighted by molar-refractivity contribution is 7.10. The highest BCUT2D eigenvalue weighted by Crippen LogP contribution is 2.30. The van der Waals surface area contributed by atoms with Gasteiger partial charge in [-0.25, -0.2) is 15.0 Å². The maximum atomic E-state index is 4.70. The fourth-order valence-electron chi connectivity index (χ4n) is 3.31. The fraction of sp³-hybridized carbons (Fsp3) is 0.389. The Bertz CT molecular complexity index is 824. The number of aromatic nitrogens is 4. The van der Waals surface area contributed by atoms with Crippen LogP contribution in [0.3, 0.4) is 0 Å². The molecule has 3 aromatic heterocycles. The summed E-state index contributed by atoms with van der Waals surface area (Å²) in [5.41, 5.74) is 3.43. The van der Waals surface area contributed by atoms with Crippen LogP contribution >= 0.6 is 11.3 Å². The molecule has 4 rings (SSSR count). The number of aromatic amines is 1. The molecule has 6 heteroatoms. The zero-order valence-corrected chi connectivity index (χ0v) is 14.8. The summed E-state index contributed by atoms with van der Waals surface area (Å²) in [4.78, 5) is 20.7. The first kappa shape index (κ1) is 15.5. The maximum Gasteiger partial charge on any atom is 0.156 e. The highest BCUT2D eigenvalue weighted by Gasteiger charge is 2.26. The fourth-order valence-corrected chi connectivity index (χ4v) is 4.26. The van der Waals surface area contributed by atoms with Gasteiger partial charge in [-0.3, -0.25) is 4.90 Å². The van der Waals surface area contributed by atoms with Crippen molar-refractivity contribution in [3.05, 3.63) is 51.9 Å². The van der Waals surface area contributed by atoms with Gasteiger partial charge in [0.15, 0.2) is 5.82 Å². The molecular weight excluding hydrogens is 318 g/mol. The summed E-state index contributed by atoms with van der Waals surface area (Å²) in [7, 11) is 0. The number of imidazole rings is 1. The van der Waals surface area contributed by atoms with E-state index in [4.69, 9.17) is 4.98 Å². The third kappa shape index (κ3) is 3.12. The van der Waals surface area contributed by atoms with Gasteiger partial charge in [0.2, 0.25) is 0 Å². The number of nitrogens with zero attached hydrogens (tertiary/aromatic N) is 4. The van der Waals surface area contributed by atoms with Gasteiger partial charge < -0.3 is 4.98 Å². The molecule has 0 spiro atoms. The van der Waals surface area contributed by atoms with Crippen LogP contribution in [0.15, 0.2) is 29.9 Å². The van der Waals surface area contributed by atoms with Gasteiger partial charge in [-0.2, -0.15) is 0 Å². The van der Waals surface area contributed by atoms with Crippen LogP contribution in [0.5, 0.6) is 0 Å². The second-order valence-electron chi connectivity index (χ2n) is 6.41. The summed E-state index contributed by atoms with van der Waals surface area (Å²) in [6, 6.07) is 4.30. The number of rotatable bonds is 4. The lowest BCUT2D eigenvalue weighted by molar-refractivity contribution is 0.328. The molecule has 1 N–H and O–H groups in total. The molecule has 1 aliphatic heterocycles. The average Bonchev–Trinajstić information content (AvgIpc) is 3.30. The van der Waals surface area contributed by atoms with E-state index in [0.29, 0.717) is 5.92 Å². The molecule has 4 heterocycles. The highest BCUT2D eigenvalue weighted by atomic mass is 32.1. The summed E-state index contributed by atoms with van der Waals surface area (Å²) in [5, 5.41) is 2.18. The van der Waals surface area contributed by atoms with Gasteiger partial charge in [-0.15, -0.1) is 11.3 Å². The third-order valence-electron chi connectivity index (χ3n) is 4.62. The molecule has 0 bridgehead atoms. The number of likely N-dealkylation sites (tertiary alicyclic amines) is 1. The van der Waals surface area contributed by atoms with E-state index < -0.39 is 0 Å². The minimum absolute atomic E-state index is 0.473. The smallest absolute Gasteiger partial charge is 0.156 e. The van der Waals surface area contributed by atoms with Crippen molar-refractivity contribution in [3.8, 4) is 11.5 Å². The van der Waals surface area contributed by atoms with E-state index in [2.05, 4.69) is 44.3 Å². The zero-order valence-electron chi connectivity index (χ0n) is 14.0. The second kappa shape index (κ2) is 6.45. The van der Waals surface area contributed by atoms with Crippen LogP contribution in [0.25, 0.3) is 11.5 Å². The van der Waals surface area contributed by atoms with Gasteiger partial charge in [0.25, 0.3) is 0 Å². The van der Waals surface area contributed by atoms with Gasteiger partial charge >= 0.3 is 0 Å². The Morgan fingerprint density at radius 2 is 2.25 bits per heavy atom. The van der Waals surface area contributed by atoms with Crippen LogP contribution in [0.2, 0.25) is 0 Å². The molecule has 5 nitrogen and oxygen atoms in total. The molecule has 3 aromatic rings. The first-order chi connectivity index (χ1) is 11.7. The van der Waals surface area contributed by atoms with Crippen molar-refractivity contribution < 1.29 is 0 Å². The molecule has 0 unspecified atom stereocenters. The minimum Gasteiger partial charge on any atom is -0.343 e. The lowest BCUT2D eigenvalue weighted by Crippen LogP contribution is -2.19. The second-order valence-corrected chi connectivity index (χ2v) is 7.41. The van der Waals surface area contributed by atoms with E-state index in [9.17, 15) is 0 Å².